The van der Waals surface area contributed by atoms with Crippen molar-refractivity contribution in [2.24, 2.45) is 0 Å². The molecule has 1 aliphatic carbocycles. The highest BCUT2D eigenvalue weighted by atomic mass is 16.3. The van der Waals surface area contributed by atoms with E-state index in [0.717, 1.165) is 32.1 Å². The number of hydrogen-bond acceptors (Lipinski definition) is 1. The molecule has 1 atom stereocenters. The third kappa shape index (κ3) is 1.84. The van der Waals surface area contributed by atoms with Crippen LogP contribution in [0.4, 0.5) is 0 Å². The average molecular weight is 140 g/mol. The Balaban J connectivity index is 2.43. The maximum absolute atomic E-state index is 9.82. The largest absolute Gasteiger partial charge is 0.390 e. The molecule has 58 valence electrons. The van der Waals surface area contributed by atoms with Crippen LogP contribution in [0.15, 0.2) is 12.2 Å². The zero-order chi connectivity index (χ0) is 7.45. The van der Waals surface area contributed by atoms with Crippen LogP contribution >= 0.6 is 0 Å². The minimum absolute atomic E-state index is 0.358. The summed E-state index contributed by atoms with van der Waals surface area (Å²) in [7, 11) is 0. The summed E-state index contributed by atoms with van der Waals surface area (Å²) < 4.78 is 0. The molecule has 0 aromatic heterocycles. The van der Waals surface area contributed by atoms with E-state index in [9.17, 15) is 5.11 Å². The molecule has 0 saturated carbocycles. The molecule has 1 rings (SSSR count). The van der Waals surface area contributed by atoms with Gasteiger partial charge in [0.05, 0.1) is 5.60 Å². The second-order valence-electron chi connectivity index (χ2n) is 3.19. The summed E-state index contributed by atoms with van der Waals surface area (Å²) in [5, 5.41) is 9.82. The Kier molecular flexibility index (Phi) is 2.50. The first kappa shape index (κ1) is 7.80. The second kappa shape index (κ2) is 3.20. The Hall–Kier alpha value is -0.300. The summed E-state index contributed by atoms with van der Waals surface area (Å²) >= 11 is 0. The lowest BCUT2D eigenvalue weighted by molar-refractivity contribution is 0.0221. The van der Waals surface area contributed by atoms with Gasteiger partial charge in [-0.15, -0.1) is 0 Å². The standard InChI is InChI=1S/C9H16O/c1-2-6-9(10)7-4-3-5-8-9/h3-4,10H,2,5-8H2,1H3/t9-/m1/s1. The fraction of sp³-hybridized carbons (Fsp3) is 0.778. The molecule has 1 nitrogen and oxygen atoms in total. The van der Waals surface area contributed by atoms with Crippen molar-refractivity contribution in [3.05, 3.63) is 12.2 Å². The first-order valence-electron chi connectivity index (χ1n) is 4.14. The maximum Gasteiger partial charge on any atom is 0.0684 e. The topological polar surface area (TPSA) is 20.2 Å². The monoisotopic (exact) mass is 140 g/mol. The molecular weight excluding hydrogens is 124 g/mol. The van der Waals surface area contributed by atoms with E-state index in [2.05, 4.69) is 19.1 Å². The smallest absolute Gasteiger partial charge is 0.0684 e. The molecule has 10 heavy (non-hydrogen) atoms. The van der Waals surface area contributed by atoms with E-state index >= 15 is 0 Å². The minimum atomic E-state index is -0.358. The Morgan fingerprint density at radius 2 is 2.30 bits per heavy atom. The zero-order valence-corrected chi connectivity index (χ0v) is 6.64. The van der Waals surface area contributed by atoms with Crippen LogP contribution in [0.1, 0.15) is 39.0 Å². The predicted octanol–water partition coefficient (Wildman–Crippen LogP) is 2.26. The van der Waals surface area contributed by atoms with Gasteiger partial charge in [-0.1, -0.05) is 25.5 Å². The van der Waals surface area contributed by atoms with Crippen LogP contribution in [0.25, 0.3) is 0 Å². The summed E-state index contributed by atoms with van der Waals surface area (Å²) in [6, 6.07) is 0. The van der Waals surface area contributed by atoms with Gasteiger partial charge in [0.15, 0.2) is 0 Å². The van der Waals surface area contributed by atoms with E-state index in [4.69, 9.17) is 0 Å². The molecule has 0 bridgehead atoms. The third-order valence-electron chi connectivity index (χ3n) is 2.16. The maximum atomic E-state index is 9.82. The van der Waals surface area contributed by atoms with Crippen molar-refractivity contribution in [3.63, 3.8) is 0 Å². The highest BCUT2D eigenvalue weighted by Gasteiger charge is 2.24. The van der Waals surface area contributed by atoms with E-state index < -0.39 is 0 Å². The summed E-state index contributed by atoms with van der Waals surface area (Å²) in [6.07, 6.45) is 9.17. The molecule has 0 saturated heterocycles. The minimum Gasteiger partial charge on any atom is -0.390 e. The van der Waals surface area contributed by atoms with Gasteiger partial charge in [-0.2, -0.15) is 0 Å². The highest BCUT2D eigenvalue weighted by molar-refractivity contribution is 4.97. The molecule has 0 aromatic rings. The van der Waals surface area contributed by atoms with Gasteiger partial charge in [0, 0.05) is 0 Å². The van der Waals surface area contributed by atoms with Crippen LogP contribution in [-0.4, -0.2) is 10.7 Å². The lowest BCUT2D eigenvalue weighted by atomic mass is 9.86. The Morgan fingerprint density at radius 3 is 2.80 bits per heavy atom. The van der Waals surface area contributed by atoms with Gasteiger partial charge in [-0.3, -0.25) is 0 Å². The van der Waals surface area contributed by atoms with Crippen molar-refractivity contribution in [3.8, 4) is 0 Å². The Labute approximate surface area is 62.8 Å². The highest BCUT2D eigenvalue weighted by Crippen LogP contribution is 2.27. The van der Waals surface area contributed by atoms with Crippen LogP contribution in [-0.2, 0) is 0 Å². The van der Waals surface area contributed by atoms with Gasteiger partial charge in [0.25, 0.3) is 0 Å². The predicted molar refractivity (Wildman–Crippen MR) is 42.8 cm³/mol. The summed E-state index contributed by atoms with van der Waals surface area (Å²) in [6.45, 7) is 2.12. The summed E-state index contributed by atoms with van der Waals surface area (Å²) in [5.74, 6) is 0. The van der Waals surface area contributed by atoms with E-state index in [-0.39, 0.29) is 5.60 Å². The van der Waals surface area contributed by atoms with E-state index in [1.54, 1.807) is 0 Å². The van der Waals surface area contributed by atoms with E-state index in [0.29, 0.717) is 0 Å². The Morgan fingerprint density at radius 1 is 1.50 bits per heavy atom. The van der Waals surface area contributed by atoms with E-state index in [1.165, 1.54) is 0 Å². The molecule has 1 aliphatic rings. The first-order chi connectivity index (χ1) is 4.77. The van der Waals surface area contributed by atoms with Crippen molar-refractivity contribution >= 4 is 0 Å². The molecule has 0 unspecified atom stereocenters. The molecule has 0 heterocycles. The number of hydrogen-bond donors (Lipinski definition) is 1. The van der Waals surface area contributed by atoms with Crippen LogP contribution < -0.4 is 0 Å². The molecular formula is C9H16O. The van der Waals surface area contributed by atoms with Crippen molar-refractivity contribution in [2.45, 2.75) is 44.6 Å². The van der Waals surface area contributed by atoms with Gasteiger partial charge < -0.3 is 5.11 Å². The van der Waals surface area contributed by atoms with Crippen molar-refractivity contribution in [1.82, 2.24) is 0 Å². The zero-order valence-electron chi connectivity index (χ0n) is 6.64. The number of aliphatic hydroxyl groups is 1. The van der Waals surface area contributed by atoms with Crippen molar-refractivity contribution in [1.29, 1.82) is 0 Å². The lowest BCUT2D eigenvalue weighted by Crippen LogP contribution is -2.28. The molecule has 1 heteroatoms. The fourth-order valence-electron chi connectivity index (χ4n) is 1.57. The fourth-order valence-corrected chi connectivity index (χ4v) is 1.57. The number of allylic oxidation sites excluding steroid dienone is 1. The number of rotatable bonds is 2. The quantitative estimate of drug-likeness (QED) is 0.583. The molecule has 0 fully saturated rings. The summed E-state index contributed by atoms with van der Waals surface area (Å²) in [4.78, 5) is 0. The van der Waals surface area contributed by atoms with Crippen LogP contribution in [0.3, 0.4) is 0 Å². The molecule has 0 aromatic carbocycles. The second-order valence-corrected chi connectivity index (χ2v) is 3.19. The van der Waals surface area contributed by atoms with Crippen LogP contribution in [0.5, 0.6) is 0 Å². The van der Waals surface area contributed by atoms with Crippen LogP contribution in [0, 0.1) is 0 Å². The normalized spacial score (nSPS) is 32.6. The summed E-state index contributed by atoms with van der Waals surface area (Å²) in [5.41, 5.74) is -0.358. The van der Waals surface area contributed by atoms with Gasteiger partial charge in [0.1, 0.15) is 0 Å². The molecule has 0 aliphatic heterocycles. The molecule has 0 spiro atoms. The van der Waals surface area contributed by atoms with Crippen molar-refractivity contribution in [2.75, 3.05) is 0 Å². The first-order valence-corrected chi connectivity index (χ1v) is 4.14. The third-order valence-corrected chi connectivity index (χ3v) is 2.16. The SMILES string of the molecule is CCC[C@@]1(O)CC=CCC1. The van der Waals surface area contributed by atoms with E-state index in [1.807, 2.05) is 0 Å². The molecule has 0 radical (unpaired) electrons. The van der Waals surface area contributed by atoms with Gasteiger partial charge in [-0.25, -0.2) is 0 Å². The lowest BCUT2D eigenvalue weighted by Gasteiger charge is -2.28. The molecule has 0 amide bonds. The van der Waals surface area contributed by atoms with Gasteiger partial charge >= 0.3 is 0 Å². The van der Waals surface area contributed by atoms with Crippen molar-refractivity contribution < 1.29 is 5.11 Å². The molecule has 1 N–H and O–H groups in total. The average Bonchev–Trinajstić information content (AvgIpc) is 1.89. The van der Waals surface area contributed by atoms with Gasteiger partial charge in [-0.05, 0) is 25.7 Å². The Bertz CT molecular complexity index is 129. The van der Waals surface area contributed by atoms with Gasteiger partial charge in [0.2, 0.25) is 0 Å². The van der Waals surface area contributed by atoms with Crippen LogP contribution in [0.2, 0.25) is 0 Å².